The highest BCUT2D eigenvalue weighted by atomic mass is 15.2. The van der Waals surface area contributed by atoms with Crippen LogP contribution in [0.2, 0.25) is 0 Å². The van der Waals surface area contributed by atoms with Crippen LogP contribution >= 0.6 is 0 Å². The van der Waals surface area contributed by atoms with Crippen LogP contribution in [0, 0.1) is 5.41 Å². The molecule has 0 amide bonds. The molecule has 20 heavy (non-hydrogen) atoms. The second kappa shape index (κ2) is 7.61. The molecule has 0 spiro atoms. The average molecular weight is 277 g/mol. The van der Waals surface area contributed by atoms with Crippen molar-refractivity contribution in [2.45, 2.75) is 73.3 Å². The summed E-state index contributed by atoms with van der Waals surface area (Å²) in [6.07, 6.45) is 6.26. The molecule has 1 rings (SSSR count). The fourth-order valence-corrected chi connectivity index (χ4v) is 2.13. The maximum absolute atomic E-state index is 4.75. The standard InChI is InChI=1S/C17H31N3/c1-7-9-15-18-12-10-16(19-15)20(14(3)8-2)13-11-17(4,5)6/h10,12,14H,7-9,11,13H2,1-6H3. The van der Waals surface area contributed by atoms with Gasteiger partial charge < -0.3 is 4.90 Å². The molecule has 1 aromatic heterocycles. The molecule has 0 saturated carbocycles. The summed E-state index contributed by atoms with van der Waals surface area (Å²) in [7, 11) is 0. The van der Waals surface area contributed by atoms with Crippen molar-refractivity contribution in [1.82, 2.24) is 9.97 Å². The van der Waals surface area contributed by atoms with E-state index >= 15 is 0 Å². The van der Waals surface area contributed by atoms with Gasteiger partial charge in [0.05, 0.1) is 0 Å². The van der Waals surface area contributed by atoms with Crippen LogP contribution < -0.4 is 4.90 Å². The number of hydrogen-bond acceptors (Lipinski definition) is 3. The fourth-order valence-electron chi connectivity index (χ4n) is 2.13. The van der Waals surface area contributed by atoms with E-state index in [1.54, 1.807) is 0 Å². The lowest BCUT2D eigenvalue weighted by molar-refractivity contribution is 0.371. The summed E-state index contributed by atoms with van der Waals surface area (Å²) >= 11 is 0. The van der Waals surface area contributed by atoms with Crippen molar-refractivity contribution in [3.63, 3.8) is 0 Å². The molecule has 0 aliphatic carbocycles. The summed E-state index contributed by atoms with van der Waals surface area (Å²) in [4.78, 5) is 11.6. The molecular formula is C17H31N3. The third-order valence-electron chi connectivity index (χ3n) is 3.68. The SMILES string of the molecule is CCCc1nccc(N(CCC(C)(C)C)C(C)CC)n1. The summed E-state index contributed by atoms with van der Waals surface area (Å²) in [5.74, 6) is 2.05. The summed E-state index contributed by atoms with van der Waals surface area (Å²) < 4.78 is 0. The van der Waals surface area contributed by atoms with E-state index in [1.807, 2.05) is 12.3 Å². The zero-order valence-corrected chi connectivity index (χ0v) is 14.1. The quantitative estimate of drug-likeness (QED) is 0.736. The van der Waals surface area contributed by atoms with Crippen LogP contribution in [0.5, 0.6) is 0 Å². The zero-order chi connectivity index (χ0) is 15.2. The molecule has 0 aliphatic heterocycles. The molecule has 3 heteroatoms. The topological polar surface area (TPSA) is 29.0 Å². The number of rotatable bonds is 7. The minimum Gasteiger partial charge on any atom is -0.354 e. The molecule has 0 radical (unpaired) electrons. The Morgan fingerprint density at radius 3 is 2.50 bits per heavy atom. The first kappa shape index (κ1) is 16.9. The second-order valence-electron chi connectivity index (χ2n) is 6.84. The summed E-state index contributed by atoms with van der Waals surface area (Å²) in [6, 6.07) is 2.57. The highest BCUT2D eigenvalue weighted by Crippen LogP contribution is 2.23. The Morgan fingerprint density at radius 2 is 1.95 bits per heavy atom. The molecule has 0 bridgehead atoms. The van der Waals surface area contributed by atoms with Gasteiger partial charge in [-0.2, -0.15) is 0 Å². The number of hydrogen-bond donors (Lipinski definition) is 0. The Labute approximate surface area is 124 Å². The van der Waals surface area contributed by atoms with Crippen molar-refractivity contribution in [2.24, 2.45) is 5.41 Å². The lowest BCUT2D eigenvalue weighted by atomic mass is 9.92. The maximum Gasteiger partial charge on any atom is 0.132 e. The van der Waals surface area contributed by atoms with Crippen molar-refractivity contribution in [3.8, 4) is 0 Å². The highest BCUT2D eigenvalue weighted by molar-refractivity contribution is 5.38. The van der Waals surface area contributed by atoms with Gasteiger partial charge in [-0.15, -0.1) is 0 Å². The van der Waals surface area contributed by atoms with E-state index in [0.29, 0.717) is 11.5 Å². The third-order valence-corrected chi connectivity index (χ3v) is 3.68. The van der Waals surface area contributed by atoms with E-state index in [-0.39, 0.29) is 0 Å². The molecule has 3 nitrogen and oxygen atoms in total. The van der Waals surface area contributed by atoms with Crippen LogP contribution in [-0.2, 0) is 6.42 Å². The van der Waals surface area contributed by atoms with E-state index in [0.717, 1.165) is 37.4 Å². The Morgan fingerprint density at radius 1 is 1.25 bits per heavy atom. The molecule has 0 N–H and O–H groups in total. The van der Waals surface area contributed by atoms with Gasteiger partial charge in [0, 0.05) is 25.2 Å². The van der Waals surface area contributed by atoms with Gasteiger partial charge in [-0.05, 0) is 37.7 Å². The molecule has 0 aliphatic rings. The second-order valence-corrected chi connectivity index (χ2v) is 6.84. The molecule has 0 saturated heterocycles. The van der Waals surface area contributed by atoms with Crippen LogP contribution in [0.15, 0.2) is 12.3 Å². The van der Waals surface area contributed by atoms with Gasteiger partial charge in [-0.3, -0.25) is 0 Å². The predicted octanol–water partition coefficient (Wildman–Crippen LogP) is 4.47. The Bertz CT molecular complexity index is 395. The lowest BCUT2D eigenvalue weighted by Crippen LogP contribution is -2.36. The number of aryl methyl sites for hydroxylation is 1. The maximum atomic E-state index is 4.75. The van der Waals surface area contributed by atoms with Gasteiger partial charge in [-0.1, -0.05) is 34.6 Å². The Hall–Kier alpha value is -1.12. The first-order valence-electron chi connectivity index (χ1n) is 7.96. The van der Waals surface area contributed by atoms with Crippen molar-refractivity contribution in [3.05, 3.63) is 18.1 Å². The normalized spacial score (nSPS) is 13.3. The largest absolute Gasteiger partial charge is 0.354 e. The number of nitrogens with zero attached hydrogens (tertiary/aromatic N) is 3. The summed E-state index contributed by atoms with van der Waals surface area (Å²) in [5.41, 5.74) is 0.352. The first-order chi connectivity index (χ1) is 9.37. The van der Waals surface area contributed by atoms with Crippen LogP contribution in [0.3, 0.4) is 0 Å². The van der Waals surface area contributed by atoms with Gasteiger partial charge >= 0.3 is 0 Å². The van der Waals surface area contributed by atoms with E-state index in [1.165, 1.54) is 6.42 Å². The van der Waals surface area contributed by atoms with Gasteiger partial charge in [0.15, 0.2) is 0 Å². The van der Waals surface area contributed by atoms with Gasteiger partial charge in [0.25, 0.3) is 0 Å². The summed E-state index contributed by atoms with van der Waals surface area (Å²) in [6.45, 7) is 14.6. The van der Waals surface area contributed by atoms with Crippen molar-refractivity contribution < 1.29 is 0 Å². The van der Waals surface area contributed by atoms with E-state index in [2.05, 4.69) is 51.4 Å². The Kier molecular flexibility index (Phi) is 6.44. The molecule has 1 aromatic rings. The average Bonchev–Trinajstić information content (AvgIpc) is 2.38. The van der Waals surface area contributed by atoms with E-state index in [9.17, 15) is 0 Å². The molecule has 0 fully saturated rings. The van der Waals surface area contributed by atoms with Crippen molar-refractivity contribution in [2.75, 3.05) is 11.4 Å². The molecular weight excluding hydrogens is 246 g/mol. The third kappa shape index (κ3) is 5.48. The Balaban J connectivity index is 2.89. The van der Waals surface area contributed by atoms with Crippen molar-refractivity contribution >= 4 is 5.82 Å². The van der Waals surface area contributed by atoms with Crippen LogP contribution in [0.4, 0.5) is 5.82 Å². The van der Waals surface area contributed by atoms with Gasteiger partial charge in [-0.25, -0.2) is 9.97 Å². The molecule has 1 heterocycles. The number of anilines is 1. The lowest BCUT2D eigenvalue weighted by Gasteiger charge is -2.32. The zero-order valence-electron chi connectivity index (χ0n) is 14.1. The van der Waals surface area contributed by atoms with Gasteiger partial charge in [0.1, 0.15) is 11.6 Å². The van der Waals surface area contributed by atoms with Crippen LogP contribution in [0.25, 0.3) is 0 Å². The molecule has 0 aromatic carbocycles. The van der Waals surface area contributed by atoms with E-state index in [4.69, 9.17) is 4.98 Å². The smallest absolute Gasteiger partial charge is 0.132 e. The minimum absolute atomic E-state index is 0.352. The monoisotopic (exact) mass is 277 g/mol. The van der Waals surface area contributed by atoms with Gasteiger partial charge in [0.2, 0.25) is 0 Å². The molecule has 1 unspecified atom stereocenters. The first-order valence-corrected chi connectivity index (χ1v) is 7.96. The molecule has 114 valence electrons. The molecule has 1 atom stereocenters. The minimum atomic E-state index is 0.352. The summed E-state index contributed by atoms with van der Waals surface area (Å²) in [5, 5.41) is 0. The van der Waals surface area contributed by atoms with Crippen molar-refractivity contribution in [1.29, 1.82) is 0 Å². The fraction of sp³-hybridized carbons (Fsp3) is 0.765. The highest BCUT2D eigenvalue weighted by Gasteiger charge is 2.18. The van der Waals surface area contributed by atoms with Crippen LogP contribution in [0.1, 0.15) is 66.6 Å². The van der Waals surface area contributed by atoms with Crippen LogP contribution in [-0.4, -0.2) is 22.6 Å². The predicted molar refractivity (Wildman–Crippen MR) is 87.2 cm³/mol. The van der Waals surface area contributed by atoms with E-state index < -0.39 is 0 Å². The number of aromatic nitrogens is 2.